The Kier molecular flexibility index (Phi) is 5.12. The van der Waals surface area contributed by atoms with Gasteiger partial charge in [0.2, 0.25) is 5.91 Å². The third kappa shape index (κ3) is 3.89. The topological polar surface area (TPSA) is 76.1 Å². The number of β-amino-alcohol motifs (C(OH)–C–C–N with tert-alkyl or cyclic N) is 1. The molecule has 0 bridgehead atoms. The molecule has 0 aromatic carbocycles. The van der Waals surface area contributed by atoms with E-state index in [2.05, 4.69) is 15.1 Å². The number of aliphatic hydroxyl groups excluding tert-OH is 1. The van der Waals surface area contributed by atoms with Crippen LogP contribution in [0.5, 0.6) is 0 Å². The first kappa shape index (κ1) is 14.2. The van der Waals surface area contributed by atoms with E-state index in [1.165, 1.54) is 4.90 Å². The Morgan fingerprint density at radius 2 is 1.68 bits per heavy atom. The van der Waals surface area contributed by atoms with Crippen molar-refractivity contribution in [2.45, 2.75) is 6.42 Å². The summed E-state index contributed by atoms with van der Waals surface area (Å²) in [6.07, 6.45) is 1.06. The van der Waals surface area contributed by atoms with Gasteiger partial charge >= 0.3 is 6.03 Å². The van der Waals surface area contributed by atoms with Crippen molar-refractivity contribution in [3.8, 4) is 0 Å². The van der Waals surface area contributed by atoms with E-state index in [1.54, 1.807) is 0 Å². The fraction of sp³-hybridized carbons (Fsp3) is 0.833. The highest BCUT2D eigenvalue weighted by molar-refractivity contribution is 6.01. The van der Waals surface area contributed by atoms with E-state index >= 15 is 0 Å². The molecular formula is C12H22N4O3. The number of aliphatic hydroxyl groups is 1. The van der Waals surface area contributed by atoms with E-state index in [-0.39, 0.29) is 25.1 Å². The molecule has 0 spiro atoms. The van der Waals surface area contributed by atoms with Crippen LogP contribution >= 0.6 is 0 Å². The summed E-state index contributed by atoms with van der Waals surface area (Å²) >= 11 is 0. The molecule has 108 valence electrons. The van der Waals surface area contributed by atoms with Crippen molar-refractivity contribution in [2.75, 3.05) is 59.0 Å². The fourth-order valence-corrected chi connectivity index (χ4v) is 2.54. The summed E-state index contributed by atoms with van der Waals surface area (Å²) in [5, 5.41) is 11.5. The van der Waals surface area contributed by atoms with E-state index in [4.69, 9.17) is 5.11 Å². The molecule has 0 aromatic heterocycles. The minimum absolute atomic E-state index is 0.128. The molecule has 0 atom stereocenters. The predicted octanol–water partition coefficient (Wildman–Crippen LogP) is -1.46. The van der Waals surface area contributed by atoms with Crippen molar-refractivity contribution < 1.29 is 14.7 Å². The van der Waals surface area contributed by atoms with E-state index < -0.39 is 0 Å². The molecule has 2 heterocycles. The maximum absolute atomic E-state index is 11.5. The van der Waals surface area contributed by atoms with Crippen LogP contribution in [-0.4, -0.2) is 90.7 Å². The fourth-order valence-electron chi connectivity index (χ4n) is 2.54. The van der Waals surface area contributed by atoms with Gasteiger partial charge < -0.3 is 15.3 Å². The van der Waals surface area contributed by atoms with Crippen LogP contribution in [0.4, 0.5) is 4.79 Å². The number of imide groups is 1. The summed E-state index contributed by atoms with van der Waals surface area (Å²) in [4.78, 5) is 28.7. The molecular weight excluding hydrogens is 248 g/mol. The van der Waals surface area contributed by atoms with Gasteiger partial charge in [0.15, 0.2) is 0 Å². The van der Waals surface area contributed by atoms with E-state index in [1.807, 2.05) is 0 Å². The van der Waals surface area contributed by atoms with Gasteiger partial charge in [-0.3, -0.25) is 14.6 Å². The van der Waals surface area contributed by atoms with Gasteiger partial charge in [0.05, 0.1) is 13.2 Å². The molecule has 2 N–H and O–H groups in total. The molecule has 2 saturated heterocycles. The Labute approximate surface area is 113 Å². The van der Waals surface area contributed by atoms with Crippen LogP contribution in [0.15, 0.2) is 0 Å². The SMILES string of the molecule is O=C1CNC(=O)N1CCN1CCCN(CCO)CC1. The van der Waals surface area contributed by atoms with Gasteiger partial charge in [0.25, 0.3) is 0 Å². The summed E-state index contributed by atoms with van der Waals surface area (Å²) < 4.78 is 0. The molecule has 2 aliphatic heterocycles. The van der Waals surface area contributed by atoms with E-state index in [9.17, 15) is 9.59 Å². The first-order valence-electron chi connectivity index (χ1n) is 6.84. The van der Waals surface area contributed by atoms with Crippen LogP contribution in [-0.2, 0) is 4.79 Å². The number of hydrogen-bond donors (Lipinski definition) is 2. The smallest absolute Gasteiger partial charge is 0.324 e. The van der Waals surface area contributed by atoms with Gasteiger partial charge in [0.1, 0.15) is 0 Å². The van der Waals surface area contributed by atoms with Crippen molar-refractivity contribution in [2.24, 2.45) is 0 Å². The van der Waals surface area contributed by atoms with E-state index in [0.29, 0.717) is 6.54 Å². The van der Waals surface area contributed by atoms with Crippen molar-refractivity contribution in [3.05, 3.63) is 0 Å². The highest BCUT2D eigenvalue weighted by Crippen LogP contribution is 2.04. The Balaban J connectivity index is 1.74. The van der Waals surface area contributed by atoms with Gasteiger partial charge in [-0.1, -0.05) is 0 Å². The van der Waals surface area contributed by atoms with Crippen molar-refractivity contribution in [3.63, 3.8) is 0 Å². The maximum atomic E-state index is 11.5. The van der Waals surface area contributed by atoms with Crippen LogP contribution in [0.1, 0.15) is 6.42 Å². The summed E-state index contributed by atoms with van der Waals surface area (Å²) in [6, 6.07) is -0.276. The molecule has 2 fully saturated rings. The van der Waals surface area contributed by atoms with Gasteiger partial charge in [-0.2, -0.15) is 0 Å². The lowest BCUT2D eigenvalue weighted by molar-refractivity contribution is -0.125. The van der Waals surface area contributed by atoms with Crippen LogP contribution in [0.2, 0.25) is 0 Å². The Morgan fingerprint density at radius 1 is 1.00 bits per heavy atom. The zero-order valence-electron chi connectivity index (χ0n) is 11.2. The minimum Gasteiger partial charge on any atom is -0.395 e. The maximum Gasteiger partial charge on any atom is 0.324 e. The number of amides is 3. The lowest BCUT2D eigenvalue weighted by Crippen LogP contribution is -2.40. The summed E-state index contributed by atoms with van der Waals surface area (Å²) in [7, 11) is 0. The lowest BCUT2D eigenvalue weighted by atomic mass is 10.3. The first-order valence-corrected chi connectivity index (χ1v) is 6.84. The quantitative estimate of drug-likeness (QED) is 0.597. The summed E-state index contributed by atoms with van der Waals surface area (Å²) in [6.45, 7) is 6.07. The molecule has 0 aromatic rings. The van der Waals surface area contributed by atoms with Crippen LogP contribution in [0.25, 0.3) is 0 Å². The van der Waals surface area contributed by atoms with Gasteiger partial charge in [-0.05, 0) is 19.5 Å². The number of hydrogen-bond acceptors (Lipinski definition) is 5. The standard InChI is InChI=1S/C12H22N4O3/c17-9-8-15-3-1-2-14(4-5-15)6-7-16-11(18)10-13-12(16)19/h17H,1-10H2,(H,13,19). The van der Waals surface area contributed by atoms with Gasteiger partial charge in [-0.25, -0.2) is 4.79 Å². The largest absolute Gasteiger partial charge is 0.395 e. The molecule has 0 saturated carbocycles. The van der Waals surface area contributed by atoms with Gasteiger partial charge in [-0.15, -0.1) is 0 Å². The van der Waals surface area contributed by atoms with Crippen LogP contribution in [0, 0.1) is 0 Å². The summed E-state index contributed by atoms with van der Waals surface area (Å²) in [5.41, 5.74) is 0. The van der Waals surface area contributed by atoms with Gasteiger partial charge in [0, 0.05) is 32.7 Å². The second kappa shape index (κ2) is 6.83. The van der Waals surface area contributed by atoms with Crippen molar-refractivity contribution >= 4 is 11.9 Å². The molecule has 3 amide bonds. The second-order valence-electron chi connectivity index (χ2n) is 4.96. The van der Waals surface area contributed by atoms with Crippen molar-refractivity contribution in [1.82, 2.24) is 20.0 Å². The normalized spacial score (nSPS) is 22.7. The molecule has 19 heavy (non-hydrogen) atoms. The molecule has 0 radical (unpaired) electrons. The van der Waals surface area contributed by atoms with E-state index in [0.717, 1.165) is 45.7 Å². The number of nitrogens with one attached hydrogen (secondary N) is 1. The second-order valence-corrected chi connectivity index (χ2v) is 4.96. The Hall–Kier alpha value is -1.18. The van der Waals surface area contributed by atoms with Crippen LogP contribution < -0.4 is 5.32 Å². The lowest BCUT2D eigenvalue weighted by Gasteiger charge is -2.23. The van der Waals surface area contributed by atoms with Crippen molar-refractivity contribution in [1.29, 1.82) is 0 Å². The molecule has 2 rings (SSSR count). The van der Waals surface area contributed by atoms with Crippen LogP contribution in [0.3, 0.4) is 0 Å². The number of carbonyl (C=O) groups excluding carboxylic acids is 2. The minimum atomic E-state index is -0.276. The third-order valence-corrected chi connectivity index (χ3v) is 3.67. The first-order chi connectivity index (χ1) is 9.20. The zero-order chi connectivity index (χ0) is 13.7. The Morgan fingerprint density at radius 3 is 2.26 bits per heavy atom. The third-order valence-electron chi connectivity index (χ3n) is 3.67. The molecule has 7 heteroatoms. The zero-order valence-corrected chi connectivity index (χ0v) is 11.2. The molecule has 7 nitrogen and oxygen atoms in total. The highest BCUT2D eigenvalue weighted by Gasteiger charge is 2.28. The number of rotatable bonds is 5. The average molecular weight is 270 g/mol. The number of urea groups is 1. The summed E-state index contributed by atoms with van der Waals surface area (Å²) in [5.74, 6) is -0.137. The predicted molar refractivity (Wildman–Crippen MR) is 69.7 cm³/mol. The average Bonchev–Trinajstić information content (AvgIpc) is 2.61. The Bertz CT molecular complexity index is 321. The highest BCUT2D eigenvalue weighted by atomic mass is 16.3. The monoisotopic (exact) mass is 270 g/mol. The molecule has 0 aliphatic carbocycles. The molecule has 0 unspecified atom stereocenters. The number of nitrogens with zero attached hydrogens (tertiary/aromatic N) is 3. The number of carbonyl (C=O) groups is 2. The molecule has 2 aliphatic rings.